The topological polar surface area (TPSA) is 63.3 Å². The fourth-order valence-electron chi connectivity index (χ4n) is 2.80. The SMILES string of the molecule is NC[C@@]1(CC(=O)O)CC[C@@H]2C[C@H]2C1. The van der Waals surface area contributed by atoms with Crippen LogP contribution >= 0.6 is 0 Å². The first-order valence-electron chi connectivity index (χ1n) is 5.07. The van der Waals surface area contributed by atoms with Crippen molar-refractivity contribution in [1.29, 1.82) is 0 Å². The molecule has 0 amide bonds. The van der Waals surface area contributed by atoms with Gasteiger partial charge in [-0.15, -0.1) is 0 Å². The minimum Gasteiger partial charge on any atom is -0.481 e. The van der Waals surface area contributed by atoms with E-state index in [4.69, 9.17) is 10.8 Å². The lowest BCUT2D eigenvalue weighted by Crippen LogP contribution is -2.35. The van der Waals surface area contributed by atoms with Gasteiger partial charge < -0.3 is 10.8 Å². The molecule has 13 heavy (non-hydrogen) atoms. The summed E-state index contributed by atoms with van der Waals surface area (Å²) < 4.78 is 0. The van der Waals surface area contributed by atoms with Crippen LogP contribution in [0.2, 0.25) is 0 Å². The predicted molar refractivity (Wildman–Crippen MR) is 49.2 cm³/mol. The zero-order valence-electron chi connectivity index (χ0n) is 7.83. The molecule has 0 heterocycles. The molecule has 2 saturated carbocycles. The van der Waals surface area contributed by atoms with E-state index in [1.165, 1.54) is 12.8 Å². The van der Waals surface area contributed by atoms with Crippen LogP contribution in [0.5, 0.6) is 0 Å². The molecule has 3 N–H and O–H groups in total. The highest BCUT2D eigenvalue weighted by molar-refractivity contribution is 5.67. The number of aliphatic carboxylic acids is 1. The second-order valence-electron chi connectivity index (χ2n) is 4.77. The highest BCUT2D eigenvalue weighted by Crippen LogP contribution is 2.56. The van der Waals surface area contributed by atoms with E-state index in [1.807, 2.05) is 0 Å². The molecule has 2 rings (SSSR count). The molecular weight excluding hydrogens is 166 g/mol. The van der Waals surface area contributed by atoms with Crippen molar-refractivity contribution in [3.8, 4) is 0 Å². The Hall–Kier alpha value is -0.570. The first kappa shape index (κ1) is 9.00. The van der Waals surface area contributed by atoms with Gasteiger partial charge in [0.1, 0.15) is 0 Å². The average Bonchev–Trinajstić information content (AvgIpc) is 2.81. The monoisotopic (exact) mass is 183 g/mol. The normalized spacial score (nSPS) is 42.5. The van der Waals surface area contributed by atoms with Crippen LogP contribution in [0.3, 0.4) is 0 Å². The number of carboxylic acid groups (broad SMARTS) is 1. The summed E-state index contributed by atoms with van der Waals surface area (Å²) >= 11 is 0. The van der Waals surface area contributed by atoms with Gasteiger partial charge in [0.05, 0.1) is 6.42 Å². The quantitative estimate of drug-likeness (QED) is 0.691. The van der Waals surface area contributed by atoms with E-state index in [0.29, 0.717) is 6.54 Å². The Kier molecular flexibility index (Phi) is 2.06. The largest absolute Gasteiger partial charge is 0.481 e. The van der Waals surface area contributed by atoms with Gasteiger partial charge in [-0.05, 0) is 49.5 Å². The third-order valence-electron chi connectivity index (χ3n) is 3.77. The van der Waals surface area contributed by atoms with Gasteiger partial charge in [-0.3, -0.25) is 4.79 Å². The molecule has 0 bridgehead atoms. The number of hydrogen-bond acceptors (Lipinski definition) is 2. The van der Waals surface area contributed by atoms with Crippen molar-refractivity contribution in [3.05, 3.63) is 0 Å². The Morgan fingerprint density at radius 2 is 2.31 bits per heavy atom. The maximum Gasteiger partial charge on any atom is 0.303 e. The molecule has 3 heteroatoms. The molecule has 2 fully saturated rings. The third-order valence-corrected chi connectivity index (χ3v) is 3.77. The molecule has 3 atom stereocenters. The fraction of sp³-hybridized carbons (Fsp3) is 0.900. The number of hydrogen-bond donors (Lipinski definition) is 2. The van der Waals surface area contributed by atoms with E-state index in [0.717, 1.165) is 24.7 Å². The molecule has 0 radical (unpaired) electrons. The molecule has 0 spiro atoms. The maximum atomic E-state index is 10.7. The number of nitrogens with two attached hydrogens (primary N) is 1. The molecule has 0 aromatic carbocycles. The zero-order chi connectivity index (χ0) is 9.47. The lowest BCUT2D eigenvalue weighted by atomic mass is 9.72. The molecule has 74 valence electrons. The Morgan fingerprint density at radius 3 is 2.85 bits per heavy atom. The van der Waals surface area contributed by atoms with Gasteiger partial charge in [-0.2, -0.15) is 0 Å². The number of rotatable bonds is 3. The van der Waals surface area contributed by atoms with Crippen LogP contribution in [0.1, 0.15) is 32.1 Å². The molecule has 0 aromatic heterocycles. The number of carbonyl (C=O) groups is 1. The Bertz CT molecular complexity index is 229. The molecule has 2 aliphatic carbocycles. The summed E-state index contributed by atoms with van der Waals surface area (Å²) in [7, 11) is 0. The van der Waals surface area contributed by atoms with Gasteiger partial charge in [-0.25, -0.2) is 0 Å². The summed E-state index contributed by atoms with van der Waals surface area (Å²) in [4.78, 5) is 10.7. The van der Waals surface area contributed by atoms with Crippen molar-refractivity contribution in [2.45, 2.75) is 32.1 Å². The molecule has 0 unspecified atom stereocenters. The Balaban J connectivity index is 2.01. The van der Waals surface area contributed by atoms with Gasteiger partial charge in [0, 0.05) is 0 Å². The smallest absolute Gasteiger partial charge is 0.303 e. The Morgan fingerprint density at radius 1 is 1.54 bits per heavy atom. The first-order valence-corrected chi connectivity index (χ1v) is 5.07. The fourth-order valence-corrected chi connectivity index (χ4v) is 2.80. The molecular formula is C10H17NO2. The van der Waals surface area contributed by atoms with E-state index >= 15 is 0 Å². The van der Waals surface area contributed by atoms with Crippen LogP contribution in [-0.2, 0) is 4.79 Å². The minimum atomic E-state index is -0.690. The summed E-state index contributed by atoms with van der Waals surface area (Å²) in [6, 6.07) is 0. The number of carboxylic acids is 1. The van der Waals surface area contributed by atoms with Gasteiger partial charge in [0.25, 0.3) is 0 Å². The minimum absolute atomic E-state index is 0.0660. The maximum absolute atomic E-state index is 10.7. The van der Waals surface area contributed by atoms with Crippen molar-refractivity contribution >= 4 is 5.97 Å². The summed E-state index contributed by atoms with van der Waals surface area (Å²) in [6.07, 6.45) is 4.88. The second-order valence-corrected chi connectivity index (χ2v) is 4.77. The lowest BCUT2D eigenvalue weighted by Gasteiger charge is -2.34. The molecule has 0 aliphatic heterocycles. The van der Waals surface area contributed by atoms with Crippen molar-refractivity contribution < 1.29 is 9.90 Å². The first-order chi connectivity index (χ1) is 6.15. The standard InChI is InChI=1S/C10H17NO2/c11-6-10(5-9(12)13)2-1-7-3-8(7)4-10/h7-8H,1-6,11H2,(H,12,13)/t7-,8+,10+/m1/s1. The lowest BCUT2D eigenvalue weighted by molar-refractivity contribution is -0.140. The van der Waals surface area contributed by atoms with Crippen LogP contribution in [0.25, 0.3) is 0 Å². The van der Waals surface area contributed by atoms with Gasteiger partial charge in [0.15, 0.2) is 0 Å². The van der Waals surface area contributed by atoms with Crippen molar-refractivity contribution in [2.24, 2.45) is 23.0 Å². The van der Waals surface area contributed by atoms with E-state index < -0.39 is 5.97 Å². The molecule has 2 aliphatic rings. The van der Waals surface area contributed by atoms with Gasteiger partial charge in [-0.1, -0.05) is 0 Å². The third kappa shape index (κ3) is 1.70. The molecule has 3 nitrogen and oxygen atoms in total. The van der Waals surface area contributed by atoms with Crippen LogP contribution in [0, 0.1) is 17.3 Å². The van der Waals surface area contributed by atoms with Crippen molar-refractivity contribution in [3.63, 3.8) is 0 Å². The second kappa shape index (κ2) is 2.98. The summed E-state index contributed by atoms with van der Waals surface area (Å²) in [5.41, 5.74) is 5.64. The van der Waals surface area contributed by atoms with E-state index in [9.17, 15) is 4.79 Å². The number of fused-ring (bicyclic) bond motifs is 1. The van der Waals surface area contributed by atoms with E-state index in [2.05, 4.69) is 0 Å². The van der Waals surface area contributed by atoms with Crippen LogP contribution in [-0.4, -0.2) is 17.6 Å². The molecule has 0 aromatic rings. The summed E-state index contributed by atoms with van der Waals surface area (Å²) in [6.45, 7) is 0.544. The van der Waals surface area contributed by atoms with Crippen molar-refractivity contribution in [2.75, 3.05) is 6.54 Å². The summed E-state index contributed by atoms with van der Waals surface area (Å²) in [5.74, 6) is 1.02. The Labute approximate surface area is 78.3 Å². The average molecular weight is 183 g/mol. The van der Waals surface area contributed by atoms with Gasteiger partial charge >= 0.3 is 5.97 Å². The van der Waals surface area contributed by atoms with Crippen LogP contribution in [0.15, 0.2) is 0 Å². The van der Waals surface area contributed by atoms with Gasteiger partial charge in [0.2, 0.25) is 0 Å². The van der Waals surface area contributed by atoms with Crippen LogP contribution < -0.4 is 5.73 Å². The van der Waals surface area contributed by atoms with Crippen LogP contribution in [0.4, 0.5) is 0 Å². The highest BCUT2D eigenvalue weighted by atomic mass is 16.4. The van der Waals surface area contributed by atoms with E-state index in [-0.39, 0.29) is 11.8 Å². The zero-order valence-corrected chi connectivity index (χ0v) is 7.83. The highest BCUT2D eigenvalue weighted by Gasteiger charge is 2.48. The van der Waals surface area contributed by atoms with Crippen molar-refractivity contribution in [1.82, 2.24) is 0 Å². The predicted octanol–water partition coefficient (Wildman–Crippen LogP) is 1.23. The summed E-state index contributed by atoms with van der Waals surface area (Å²) in [5, 5.41) is 8.81. The molecule has 0 saturated heterocycles. The van der Waals surface area contributed by atoms with E-state index in [1.54, 1.807) is 0 Å².